The average Bonchev–Trinajstić information content (AvgIpc) is 3.33. The minimum absolute atomic E-state index is 0.0678. The molecule has 1 aliphatic rings. The van der Waals surface area contributed by atoms with Crippen molar-refractivity contribution in [3.05, 3.63) is 82.9 Å². The fourth-order valence-electron chi connectivity index (χ4n) is 4.47. The Labute approximate surface area is 238 Å². The first-order valence-corrected chi connectivity index (χ1v) is 14.6. The van der Waals surface area contributed by atoms with Crippen LogP contribution in [0.25, 0.3) is 22.3 Å². The molecule has 218 valence electrons. The molecule has 1 amide bonds. The van der Waals surface area contributed by atoms with Crippen LogP contribution in [-0.4, -0.2) is 59.4 Å². The molecule has 1 heterocycles. The van der Waals surface area contributed by atoms with Crippen LogP contribution in [0.4, 0.5) is 8.78 Å². The van der Waals surface area contributed by atoms with Gasteiger partial charge in [0.1, 0.15) is 17.7 Å². The van der Waals surface area contributed by atoms with E-state index < -0.39 is 27.4 Å². The monoisotopic (exact) mass is 585 g/mol. The molecule has 41 heavy (non-hydrogen) atoms. The van der Waals surface area contributed by atoms with Crippen LogP contribution in [0.2, 0.25) is 0 Å². The predicted molar refractivity (Wildman–Crippen MR) is 153 cm³/mol. The van der Waals surface area contributed by atoms with E-state index in [1.54, 1.807) is 61.2 Å². The van der Waals surface area contributed by atoms with E-state index in [4.69, 9.17) is 15.5 Å². The van der Waals surface area contributed by atoms with E-state index >= 15 is 4.39 Å². The van der Waals surface area contributed by atoms with Crippen molar-refractivity contribution in [2.75, 3.05) is 18.8 Å². The van der Waals surface area contributed by atoms with Crippen LogP contribution >= 0.6 is 0 Å². The number of halogens is 2. The summed E-state index contributed by atoms with van der Waals surface area (Å²) in [5.74, 6) is -1.58. The maximum atomic E-state index is 15.3. The molecule has 4 N–H and O–H groups in total. The summed E-state index contributed by atoms with van der Waals surface area (Å²) >= 11 is 0. The summed E-state index contributed by atoms with van der Waals surface area (Å²) in [4.78, 5) is 14.8. The number of nitrogens with two attached hydrogens (primary N) is 1. The maximum Gasteiger partial charge on any atom is 0.264 e. The molecular weight excluding hydrogens is 552 g/mol. The highest BCUT2D eigenvalue weighted by Gasteiger charge is 2.26. The van der Waals surface area contributed by atoms with Crippen LogP contribution in [0.15, 0.2) is 54.6 Å². The molecule has 11 heteroatoms. The second-order valence-electron chi connectivity index (χ2n) is 10.5. The van der Waals surface area contributed by atoms with E-state index in [1.807, 2.05) is 0 Å². The third kappa shape index (κ3) is 8.65. The Morgan fingerprint density at radius 1 is 1.07 bits per heavy atom. The van der Waals surface area contributed by atoms with Crippen molar-refractivity contribution in [3.8, 4) is 28.3 Å². The second kappa shape index (κ2) is 12.9. The van der Waals surface area contributed by atoms with Crippen LogP contribution in [0, 0.1) is 23.0 Å². The van der Waals surface area contributed by atoms with Crippen LogP contribution in [-0.2, 0) is 16.5 Å². The summed E-state index contributed by atoms with van der Waals surface area (Å²) < 4.78 is 56.7. The van der Waals surface area contributed by atoms with Crippen molar-refractivity contribution >= 4 is 16.0 Å². The van der Waals surface area contributed by atoms with Crippen molar-refractivity contribution in [3.63, 3.8) is 0 Å². The molecular formula is C30H33F2N3O5S. The lowest BCUT2D eigenvalue weighted by molar-refractivity contribution is 0.0788. The first-order chi connectivity index (χ1) is 19.1. The van der Waals surface area contributed by atoms with E-state index in [-0.39, 0.29) is 35.2 Å². The number of nitrogens with zero attached hydrogens (tertiary/aromatic N) is 2. The van der Waals surface area contributed by atoms with Crippen molar-refractivity contribution in [2.24, 2.45) is 5.73 Å². The zero-order valence-corrected chi connectivity index (χ0v) is 23.9. The summed E-state index contributed by atoms with van der Waals surface area (Å²) in [7, 11) is -3.66. The number of carbonyl (C=O) groups is 1. The van der Waals surface area contributed by atoms with E-state index in [1.165, 1.54) is 25.1 Å². The number of aliphatic hydroxyl groups is 1. The maximum absolute atomic E-state index is 15.3. The molecule has 0 unspecified atom stereocenters. The van der Waals surface area contributed by atoms with Gasteiger partial charge in [-0.15, -0.1) is 0 Å². The van der Waals surface area contributed by atoms with Crippen molar-refractivity contribution in [2.45, 2.75) is 45.3 Å². The van der Waals surface area contributed by atoms with E-state index in [2.05, 4.69) is 0 Å². The fourth-order valence-corrected chi connectivity index (χ4v) is 4.47. The Bertz CT molecular complexity index is 1580. The first-order valence-electron chi connectivity index (χ1n) is 13.0. The van der Waals surface area contributed by atoms with Gasteiger partial charge in [0.2, 0.25) is 0 Å². The second-order valence-corrected chi connectivity index (χ2v) is 12.3. The van der Waals surface area contributed by atoms with Crippen LogP contribution in [0.1, 0.15) is 48.7 Å². The topological polar surface area (TPSA) is 145 Å². The molecule has 4 rings (SSSR count). The third-order valence-corrected chi connectivity index (χ3v) is 7.23. The molecule has 0 radical (unpaired) electrons. The predicted octanol–water partition coefficient (Wildman–Crippen LogP) is 4.55. The van der Waals surface area contributed by atoms with Gasteiger partial charge in [-0.2, -0.15) is 13.7 Å². The van der Waals surface area contributed by atoms with Gasteiger partial charge >= 0.3 is 0 Å². The lowest BCUT2D eigenvalue weighted by atomic mass is 9.90. The molecule has 8 nitrogen and oxygen atoms in total. The number of carbonyl (C=O) groups excluding carboxylic acids is 1. The Balaban J connectivity index is 0.000000696. The molecule has 0 aliphatic carbocycles. The van der Waals surface area contributed by atoms with Crippen LogP contribution < -0.4 is 5.73 Å². The van der Waals surface area contributed by atoms with Gasteiger partial charge in [0.25, 0.3) is 16.0 Å². The minimum Gasteiger partial charge on any atom is -0.390 e. The molecule has 1 aliphatic heterocycles. The fraction of sp³-hybridized carbons (Fsp3) is 0.333. The summed E-state index contributed by atoms with van der Waals surface area (Å²) in [5.41, 5.74) is 7.55. The number of hydrogen-bond donors (Lipinski definition) is 3. The van der Waals surface area contributed by atoms with Crippen LogP contribution in [0.3, 0.4) is 0 Å². The summed E-state index contributed by atoms with van der Waals surface area (Å²) in [5, 5.41) is 19.2. The Morgan fingerprint density at radius 2 is 1.73 bits per heavy atom. The molecule has 3 aromatic rings. The number of hydrogen-bond acceptors (Lipinski definition) is 6. The van der Waals surface area contributed by atoms with Gasteiger partial charge in [0.15, 0.2) is 0 Å². The van der Waals surface area contributed by atoms with Gasteiger partial charge in [0, 0.05) is 36.7 Å². The summed E-state index contributed by atoms with van der Waals surface area (Å²) in [6, 6.07) is 15.6. The number of amides is 1. The number of rotatable bonds is 6. The molecule has 0 saturated carbocycles. The molecule has 1 fully saturated rings. The zero-order valence-electron chi connectivity index (χ0n) is 23.1. The van der Waals surface area contributed by atoms with Gasteiger partial charge in [-0.25, -0.2) is 8.78 Å². The standard InChI is InChI=1S/C28H27F2N3O2.C2H6O3S/c1-28(2,35)14-17-3-7-23(26(30)11-17)22-8-6-19(27(34)33-10-9-21(32)16-33)12-24(22)18-4-5-20(15-31)25(29)13-18;1-2-6(3,4)5/h3-8,11-13,21,35H,9-10,14,16,32H2,1-2H3;2H2,1H3,(H,3,4,5)/t21-;/m0./s1. The molecule has 0 aromatic heterocycles. The van der Waals surface area contributed by atoms with Crippen molar-refractivity contribution in [1.29, 1.82) is 5.26 Å². The Morgan fingerprint density at radius 3 is 2.24 bits per heavy atom. The minimum atomic E-state index is -3.66. The molecule has 0 spiro atoms. The third-order valence-electron chi connectivity index (χ3n) is 6.50. The van der Waals surface area contributed by atoms with E-state index in [9.17, 15) is 22.7 Å². The largest absolute Gasteiger partial charge is 0.390 e. The molecule has 1 saturated heterocycles. The molecule has 1 atom stereocenters. The highest BCUT2D eigenvalue weighted by atomic mass is 32.2. The van der Waals surface area contributed by atoms with Crippen molar-refractivity contribution < 1.29 is 31.7 Å². The van der Waals surface area contributed by atoms with Crippen molar-refractivity contribution in [1.82, 2.24) is 4.90 Å². The van der Waals surface area contributed by atoms with Crippen LogP contribution in [0.5, 0.6) is 0 Å². The number of benzene rings is 3. The van der Waals surface area contributed by atoms with E-state index in [0.29, 0.717) is 40.9 Å². The lowest BCUT2D eigenvalue weighted by Crippen LogP contribution is -2.31. The van der Waals surface area contributed by atoms with E-state index in [0.717, 1.165) is 6.42 Å². The van der Waals surface area contributed by atoms with Gasteiger partial charge in [0.05, 0.1) is 16.9 Å². The quantitative estimate of drug-likeness (QED) is 0.360. The average molecular weight is 586 g/mol. The first kappa shape index (κ1) is 31.8. The smallest absolute Gasteiger partial charge is 0.264 e. The molecule has 3 aromatic carbocycles. The van der Waals surface area contributed by atoms with Gasteiger partial charge in [-0.05, 0) is 79.8 Å². The Hall–Kier alpha value is -3.69. The normalized spacial score (nSPS) is 15.2. The highest BCUT2D eigenvalue weighted by molar-refractivity contribution is 7.85. The van der Waals surface area contributed by atoms with Gasteiger partial charge in [-0.1, -0.05) is 24.3 Å². The Kier molecular flexibility index (Phi) is 9.99. The van der Waals surface area contributed by atoms with Gasteiger partial charge in [-0.3, -0.25) is 9.35 Å². The van der Waals surface area contributed by atoms with Gasteiger partial charge < -0.3 is 15.7 Å². The highest BCUT2D eigenvalue weighted by Crippen LogP contribution is 2.36. The number of nitriles is 1. The summed E-state index contributed by atoms with van der Waals surface area (Å²) in [6.45, 7) is 5.69. The SMILES string of the molecule is CC(C)(O)Cc1ccc(-c2ccc(C(=O)N3CC[C@H](N)C3)cc2-c2ccc(C#N)c(F)c2)c(F)c1.CCS(=O)(=O)O. The molecule has 0 bridgehead atoms. The summed E-state index contributed by atoms with van der Waals surface area (Å²) in [6.07, 6.45) is 1.00. The number of likely N-dealkylation sites (tertiary alicyclic amines) is 1. The zero-order chi connectivity index (χ0) is 30.5. The lowest BCUT2D eigenvalue weighted by Gasteiger charge is -2.19.